The average molecular weight is 247 g/mol. The molecule has 0 aromatic carbocycles. The molecule has 0 amide bonds. The molecule has 0 unspecified atom stereocenters. The zero-order chi connectivity index (χ0) is 12.2. The summed E-state index contributed by atoms with van der Waals surface area (Å²) in [4.78, 5) is 14.0. The molecule has 0 radical (unpaired) electrons. The van der Waals surface area contributed by atoms with E-state index in [1.165, 1.54) is 45.1 Å². The highest BCUT2D eigenvalue weighted by Crippen LogP contribution is 2.60. The molecule has 2 nitrogen and oxygen atoms in total. The molecule has 0 aromatic heterocycles. The molecule has 0 atom stereocenters. The number of likely N-dealkylation sites (tertiary alicyclic amines) is 1. The lowest BCUT2D eigenvalue weighted by molar-refractivity contribution is -0.123. The first-order valence-corrected chi connectivity index (χ1v) is 7.95. The van der Waals surface area contributed by atoms with Crippen LogP contribution in [0.5, 0.6) is 0 Å². The highest BCUT2D eigenvalue weighted by atomic mass is 16.1. The highest BCUT2D eigenvalue weighted by molar-refractivity contribution is 5.79. The van der Waals surface area contributed by atoms with E-state index in [1.54, 1.807) is 0 Å². The zero-order valence-corrected chi connectivity index (χ0v) is 11.4. The Morgan fingerprint density at radius 1 is 0.944 bits per heavy atom. The van der Waals surface area contributed by atoms with E-state index in [2.05, 4.69) is 4.90 Å². The Hall–Kier alpha value is -0.370. The minimum Gasteiger partial charge on any atom is -0.302 e. The molecule has 0 spiro atoms. The van der Waals surface area contributed by atoms with Gasteiger partial charge in [-0.25, -0.2) is 0 Å². The minimum atomic E-state index is 0.483. The Labute approximate surface area is 110 Å². The van der Waals surface area contributed by atoms with Gasteiger partial charge in [0.15, 0.2) is 0 Å². The van der Waals surface area contributed by atoms with Crippen LogP contribution in [0.25, 0.3) is 0 Å². The van der Waals surface area contributed by atoms with Crippen molar-refractivity contribution in [3.63, 3.8) is 0 Å². The topological polar surface area (TPSA) is 20.3 Å². The lowest BCUT2D eigenvalue weighted by atomic mass is 9.49. The number of nitrogens with zero attached hydrogens (tertiary/aromatic N) is 1. The second-order valence-corrected chi connectivity index (χ2v) is 7.73. The summed E-state index contributed by atoms with van der Waals surface area (Å²) < 4.78 is 0. The summed E-state index contributed by atoms with van der Waals surface area (Å²) in [6.07, 6.45) is 10.8. The molecular weight excluding hydrogens is 222 g/mol. The average Bonchev–Trinajstić information content (AvgIpc) is 2.30. The van der Waals surface area contributed by atoms with Crippen molar-refractivity contribution in [2.75, 3.05) is 19.6 Å². The third-order valence-electron chi connectivity index (χ3n) is 6.14. The fraction of sp³-hybridized carbons (Fsp3) is 0.938. The molecule has 0 N–H and O–H groups in total. The van der Waals surface area contributed by atoms with Gasteiger partial charge in [0.05, 0.1) is 0 Å². The number of carbonyl (C=O) groups excluding carboxylic acids is 1. The van der Waals surface area contributed by atoms with Gasteiger partial charge in [-0.15, -0.1) is 0 Å². The van der Waals surface area contributed by atoms with E-state index in [0.29, 0.717) is 11.2 Å². The van der Waals surface area contributed by atoms with Gasteiger partial charge in [0.2, 0.25) is 0 Å². The smallest absolute Gasteiger partial charge is 0.135 e. The highest BCUT2D eigenvalue weighted by Gasteiger charge is 2.51. The Morgan fingerprint density at radius 3 is 1.94 bits per heavy atom. The Bertz CT molecular complexity index is 317. The van der Waals surface area contributed by atoms with E-state index in [0.717, 1.165) is 43.7 Å². The van der Waals surface area contributed by atoms with Crippen molar-refractivity contribution < 1.29 is 4.79 Å². The molecule has 1 aliphatic heterocycles. The molecule has 4 bridgehead atoms. The van der Waals surface area contributed by atoms with Crippen molar-refractivity contribution in [1.82, 2.24) is 4.90 Å². The lowest BCUT2D eigenvalue weighted by Crippen LogP contribution is -2.52. The van der Waals surface area contributed by atoms with E-state index in [1.807, 2.05) is 0 Å². The molecule has 5 fully saturated rings. The number of rotatable bonds is 2. The fourth-order valence-corrected chi connectivity index (χ4v) is 5.92. The van der Waals surface area contributed by atoms with Crippen LogP contribution in [0.15, 0.2) is 0 Å². The number of ketones is 1. The van der Waals surface area contributed by atoms with Crippen LogP contribution >= 0.6 is 0 Å². The van der Waals surface area contributed by atoms with Gasteiger partial charge in [0.1, 0.15) is 5.78 Å². The Morgan fingerprint density at radius 2 is 1.44 bits per heavy atom. The van der Waals surface area contributed by atoms with Crippen molar-refractivity contribution in [3.05, 3.63) is 0 Å². The maximum atomic E-state index is 11.3. The molecular formula is C16H25NO. The maximum absolute atomic E-state index is 11.3. The molecule has 1 saturated heterocycles. The monoisotopic (exact) mass is 247 g/mol. The number of hydrogen-bond donors (Lipinski definition) is 0. The Kier molecular flexibility index (Phi) is 2.58. The predicted octanol–water partition coefficient (Wildman–Crippen LogP) is 2.87. The first-order chi connectivity index (χ1) is 8.71. The van der Waals surface area contributed by atoms with Crippen molar-refractivity contribution in [1.29, 1.82) is 0 Å². The van der Waals surface area contributed by atoms with Gasteiger partial charge in [0, 0.05) is 32.5 Å². The van der Waals surface area contributed by atoms with Crippen molar-refractivity contribution in [3.8, 4) is 0 Å². The summed E-state index contributed by atoms with van der Waals surface area (Å²) in [5.41, 5.74) is 0.662. The van der Waals surface area contributed by atoms with Gasteiger partial charge in [-0.1, -0.05) is 0 Å². The van der Waals surface area contributed by atoms with Crippen LogP contribution in [-0.2, 0) is 4.79 Å². The summed E-state index contributed by atoms with van der Waals surface area (Å²) >= 11 is 0. The third kappa shape index (κ3) is 1.93. The zero-order valence-electron chi connectivity index (χ0n) is 11.4. The summed E-state index contributed by atoms with van der Waals surface area (Å²) in [6, 6.07) is 0. The summed E-state index contributed by atoms with van der Waals surface area (Å²) in [5.74, 6) is 3.66. The van der Waals surface area contributed by atoms with Crippen LogP contribution < -0.4 is 0 Å². The molecule has 4 aliphatic carbocycles. The molecule has 100 valence electrons. The number of carbonyl (C=O) groups is 1. The molecule has 0 aromatic rings. The van der Waals surface area contributed by atoms with Gasteiger partial charge < -0.3 is 4.90 Å². The molecule has 5 aliphatic rings. The quantitative estimate of drug-likeness (QED) is 0.748. The van der Waals surface area contributed by atoms with E-state index >= 15 is 0 Å². The molecule has 4 saturated carbocycles. The van der Waals surface area contributed by atoms with Crippen LogP contribution in [0.2, 0.25) is 0 Å². The first-order valence-electron chi connectivity index (χ1n) is 7.95. The second-order valence-electron chi connectivity index (χ2n) is 7.73. The van der Waals surface area contributed by atoms with Gasteiger partial charge in [-0.3, -0.25) is 4.79 Å². The van der Waals surface area contributed by atoms with Crippen LogP contribution in [-0.4, -0.2) is 30.3 Å². The summed E-state index contributed by atoms with van der Waals surface area (Å²) in [5, 5.41) is 0. The standard InChI is InChI=1S/C16H25NO/c18-15-1-3-17(4-2-15)11-16-8-12-5-13(9-16)7-14(6-12)10-16/h12-14H,1-11H2. The van der Waals surface area contributed by atoms with Crippen molar-refractivity contribution in [2.45, 2.75) is 51.4 Å². The van der Waals surface area contributed by atoms with Gasteiger partial charge in [-0.2, -0.15) is 0 Å². The van der Waals surface area contributed by atoms with Crippen LogP contribution in [0.3, 0.4) is 0 Å². The van der Waals surface area contributed by atoms with Gasteiger partial charge in [0.25, 0.3) is 0 Å². The molecule has 1 heterocycles. The van der Waals surface area contributed by atoms with Gasteiger partial charge >= 0.3 is 0 Å². The fourth-order valence-electron chi connectivity index (χ4n) is 5.92. The van der Waals surface area contributed by atoms with Gasteiger partial charge in [-0.05, 0) is 61.7 Å². The van der Waals surface area contributed by atoms with Crippen LogP contribution in [0.4, 0.5) is 0 Å². The first kappa shape index (κ1) is 11.5. The van der Waals surface area contributed by atoms with Crippen molar-refractivity contribution in [2.24, 2.45) is 23.2 Å². The Balaban J connectivity index is 1.46. The SMILES string of the molecule is O=C1CCN(CC23CC4CC(CC(C4)C2)C3)CC1. The third-order valence-corrected chi connectivity index (χ3v) is 6.14. The molecule has 2 heteroatoms. The van der Waals surface area contributed by atoms with E-state index in [-0.39, 0.29) is 0 Å². The van der Waals surface area contributed by atoms with Crippen molar-refractivity contribution >= 4 is 5.78 Å². The number of Topliss-reactive ketones (excluding diaryl/α,β-unsaturated/α-hetero) is 1. The number of piperidine rings is 1. The van der Waals surface area contributed by atoms with E-state index < -0.39 is 0 Å². The normalized spacial score (nSPS) is 47.8. The number of hydrogen-bond acceptors (Lipinski definition) is 2. The minimum absolute atomic E-state index is 0.483. The van der Waals surface area contributed by atoms with E-state index in [9.17, 15) is 4.79 Å². The molecule has 18 heavy (non-hydrogen) atoms. The lowest BCUT2D eigenvalue weighted by Gasteiger charge is -2.58. The van der Waals surface area contributed by atoms with Crippen LogP contribution in [0.1, 0.15) is 51.4 Å². The predicted molar refractivity (Wildman–Crippen MR) is 71.3 cm³/mol. The summed E-state index contributed by atoms with van der Waals surface area (Å²) in [6.45, 7) is 3.39. The van der Waals surface area contributed by atoms with Crippen LogP contribution in [0, 0.1) is 23.2 Å². The second kappa shape index (κ2) is 4.06. The van der Waals surface area contributed by atoms with E-state index in [4.69, 9.17) is 0 Å². The largest absolute Gasteiger partial charge is 0.302 e. The molecule has 5 rings (SSSR count). The maximum Gasteiger partial charge on any atom is 0.135 e. The summed E-state index contributed by atoms with van der Waals surface area (Å²) in [7, 11) is 0.